The fourth-order valence-corrected chi connectivity index (χ4v) is 2.04. The van der Waals surface area contributed by atoms with Crippen LogP contribution in [0.5, 0.6) is 0 Å². The van der Waals surface area contributed by atoms with Gasteiger partial charge in [-0.05, 0) is 24.6 Å². The van der Waals surface area contributed by atoms with Gasteiger partial charge in [-0.1, -0.05) is 28.1 Å². The van der Waals surface area contributed by atoms with E-state index in [1.165, 1.54) is 0 Å². The molecular formula is C11H12BrN3O. The zero-order valence-electron chi connectivity index (χ0n) is 9.05. The molecule has 1 aromatic carbocycles. The van der Waals surface area contributed by atoms with E-state index in [-0.39, 0.29) is 0 Å². The molecule has 1 unspecified atom stereocenters. The summed E-state index contributed by atoms with van der Waals surface area (Å²) in [5.74, 6) is 0.519. The van der Waals surface area contributed by atoms with Gasteiger partial charge in [0.25, 0.3) is 0 Å². The average Bonchev–Trinajstić information content (AvgIpc) is 2.65. The molecule has 84 valence electrons. The zero-order valence-corrected chi connectivity index (χ0v) is 10.6. The van der Waals surface area contributed by atoms with E-state index >= 15 is 0 Å². The first-order valence-corrected chi connectivity index (χ1v) is 5.64. The minimum Gasteiger partial charge on any atom is -0.377 e. The summed E-state index contributed by atoms with van der Waals surface area (Å²) in [5, 5.41) is 18.2. The van der Waals surface area contributed by atoms with Crippen molar-refractivity contribution in [1.82, 2.24) is 14.8 Å². The van der Waals surface area contributed by atoms with Gasteiger partial charge in [0.1, 0.15) is 11.9 Å². The number of hydrogen-bond acceptors (Lipinski definition) is 3. The first kappa shape index (κ1) is 11.3. The second-order valence-electron chi connectivity index (χ2n) is 3.85. The van der Waals surface area contributed by atoms with Crippen molar-refractivity contribution in [3.8, 4) is 0 Å². The van der Waals surface area contributed by atoms with E-state index in [4.69, 9.17) is 0 Å². The molecule has 0 fully saturated rings. The van der Waals surface area contributed by atoms with Crippen molar-refractivity contribution in [2.24, 2.45) is 7.05 Å². The van der Waals surface area contributed by atoms with E-state index in [1.807, 2.05) is 31.3 Å². The number of rotatable bonds is 2. The smallest absolute Gasteiger partial charge is 0.168 e. The van der Waals surface area contributed by atoms with Crippen molar-refractivity contribution >= 4 is 15.9 Å². The van der Waals surface area contributed by atoms with Crippen LogP contribution in [0.1, 0.15) is 18.3 Å². The van der Waals surface area contributed by atoms with Crippen LogP contribution in [-0.2, 0) is 12.6 Å². The van der Waals surface area contributed by atoms with Crippen LogP contribution in [0.15, 0.2) is 35.1 Å². The molecule has 2 rings (SSSR count). The summed E-state index contributed by atoms with van der Waals surface area (Å²) < 4.78 is 2.63. The van der Waals surface area contributed by atoms with Crippen LogP contribution >= 0.6 is 15.9 Å². The predicted molar refractivity (Wildman–Crippen MR) is 63.8 cm³/mol. The minimum atomic E-state index is -1.14. The summed E-state index contributed by atoms with van der Waals surface area (Å²) in [5.41, 5.74) is -0.368. The molecule has 1 N–H and O–H groups in total. The highest BCUT2D eigenvalue weighted by molar-refractivity contribution is 9.10. The van der Waals surface area contributed by atoms with Gasteiger partial charge in [-0.3, -0.25) is 0 Å². The molecule has 0 radical (unpaired) electrons. The number of benzene rings is 1. The van der Waals surface area contributed by atoms with Crippen LogP contribution in [0.3, 0.4) is 0 Å². The van der Waals surface area contributed by atoms with Crippen LogP contribution in [0.2, 0.25) is 0 Å². The van der Waals surface area contributed by atoms with Crippen LogP contribution < -0.4 is 0 Å². The zero-order chi connectivity index (χ0) is 11.8. The Balaban J connectivity index is 2.51. The van der Waals surface area contributed by atoms with E-state index in [2.05, 4.69) is 26.1 Å². The van der Waals surface area contributed by atoms with Gasteiger partial charge in [-0.2, -0.15) is 0 Å². The highest BCUT2D eigenvalue weighted by Gasteiger charge is 2.30. The Morgan fingerprint density at radius 3 is 2.75 bits per heavy atom. The average molecular weight is 282 g/mol. The van der Waals surface area contributed by atoms with Crippen molar-refractivity contribution in [2.75, 3.05) is 0 Å². The van der Waals surface area contributed by atoms with Gasteiger partial charge in [0.2, 0.25) is 0 Å². The van der Waals surface area contributed by atoms with Gasteiger partial charge in [-0.25, -0.2) is 0 Å². The molecule has 0 saturated heterocycles. The molecular weight excluding hydrogens is 270 g/mol. The Bertz CT molecular complexity index is 507. The minimum absolute atomic E-state index is 0.519. The Morgan fingerprint density at radius 2 is 2.19 bits per heavy atom. The molecule has 4 nitrogen and oxygen atoms in total. The van der Waals surface area contributed by atoms with Crippen molar-refractivity contribution in [2.45, 2.75) is 12.5 Å². The van der Waals surface area contributed by atoms with Gasteiger partial charge in [0.05, 0.1) is 0 Å². The molecule has 0 aliphatic carbocycles. The SMILES string of the molecule is Cn1cnnc1C(C)(O)c1cccc(Br)c1. The van der Waals surface area contributed by atoms with E-state index in [1.54, 1.807) is 17.8 Å². The lowest BCUT2D eigenvalue weighted by Gasteiger charge is -2.22. The van der Waals surface area contributed by atoms with E-state index < -0.39 is 5.60 Å². The number of hydrogen-bond donors (Lipinski definition) is 1. The lowest BCUT2D eigenvalue weighted by atomic mass is 9.95. The number of aliphatic hydroxyl groups is 1. The topological polar surface area (TPSA) is 50.9 Å². The van der Waals surface area contributed by atoms with E-state index in [9.17, 15) is 5.11 Å². The second kappa shape index (κ2) is 3.99. The summed E-state index contributed by atoms with van der Waals surface area (Å²) in [7, 11) is 1.81. The number of aryl methyl sites for hydroxylation is 1. The third kappa shape index (κ3) is 1.88. The quantitative estimate of drug-likeness (QED) is 0.914. The molecule has 0 amide bonds. The van der Waals surface area contributed by atoms with Crippen molar-refractivity contribution < 1.29 is 5.11 Å². The van der Waals surface area contributed by atoms with Crippen LogP contribution in [0.25, 0.3) is 0 Å². The van der Waals surface area contributed by atoms with E-state index in [0.717, 1.165) is 10.0 Å². The summed E-state index contributed by atoms with van der Waals surface area (Å²) in [4.78, 5) is 0. The third-order valence-electron chi connectivity index (χ3n) is 2.53. The highest BCUT2D eigenvalue weighted by Crippen LogP contribution is 2.28. The monoisotopic (exact) mass is 281 g/mol. The fraction of sp³-hybridized carbons (Fsp3) is 0.273. The molecule has 0 saturated carbocycles. The Morgan fingerprint density at radius 1 is 1.44 bits per heavy atom. The van der Waals surface area contributed by atoms with Gasteiger partial charge < -0.3 is 9.67 Å². The van der Waals surface area contributed by atoms with E-state index in [0.29, 0.717) is 5.82 Å². The highest BCUT2D eigenvalue weighted by atomic mass is 79.9. The van der Waals surface area contributed by atoms with Gasteiger partial charge in [0.15, 0.2) is 5.82 Å². The van der Waals surface area contributed by atoms with Gasteiger partial charge in [0, 0.05) is 11.5 Å². The Kier molecular flexibility index (Phi) is 2.82. The maximum absolute atomic E-state index is 10.5. The van der Waals surface area contributed by atoms with Crippen LogP contribution in [0, 0.1) is 0 Å². The molecule has 5 heteroatoms. The maximum atomic E-state index is 10.5. The van der Waals surface area contributed by atoms with Crippen LogP contribution in [-0.4, -0.2) is 19.9 Å². The lowest BCUT2D eigenvalue weighted by molar-refractivity contribution is 0.0886. The standard InChI is InChI=1S/C11H12BrN3O/c1-11(16,10-14-13-7-15(10)2)8-4-3-5-9(12)6-8/h3-7,16H,1-2H3. The largest absolute Gasteiger partial charge is 0.377 e. The lowest BCUT2D eigenvalue weighted by Crippen LogP contribution is -2.26. The summed E-state index contributed by atoms with van der Waals surface area (Å²) in [6.07, 6.45) is 1.57. The molecule has 2 aromatic rings. The molecule has 16 heavy (non-hydrogen) atoms. The number of nitrogens with zero attached hydrogens (tertiary/aromatic N) is 3. The summed E-state index contributed by atoms with van der Waals surface area (Å²) >= 11 is 3.38. The molecule has 1 heterocycles. The number of aromatic nitrogens is 3. The molecule has 0 bridgehead atoms. The first-order chi connectivity index (χ1) is 7.51. The molecule has 0 spiro atoms. The number of halogens is 1. The third-order valence-corrected chi connectivity index (χ3v) is 3.03. The normalized spacial score (nSPS) is 14.8. The fourth-order valence-electron chi connectivity index (χ4n) is 1.64. The Labute approximate surface area is 102 Å². The van der Waals surface area contributed by atoms with Crippen LogP contribution in [0.4, 0.5) is 0 Å². The van der Waals surface area contributed by atoms with Crippen molar-refractivity contribution in [3.63, 3.8) is 0 Å². The van der Waals surface area contributed by atoms with Crippen molar-refractivity contribution in [1.29, 1.82) is 0 Å². The second-order valence-corrected chi connectivity index (χ2v) is 4.76. The molecule has 1 atom stereocenters. The van der Waals surface area contributed by atoms with Gasteiger partial charge >= 0.3 is 0 Å². The predicted octanol–water partition coefficient (Wildman–Crippen LogP) is 1.83. The van der Waals surface area contributed by atoms with Gasteiger partial charge in [-0.15, -0.1) is 10.2 Å². The first-order valence-electron chi connectivity index (χ1n) is 4.84. The Hall–Kier alpha value is -1.20. The summed E-state index contributed by atoms with van der Waals surface area (Å²) in [6, 6.07) is 7.52. The van der Waals surface area contributed by atoms with Crippen molar-refractivity contribution in [3.05, 3.63) is 46.5 Å². The summed E-state index contributed by atoms with van der Waals surface area (Å²) in [6.45, 7) is 1.71. The molecule has 0 aliphatic heterocycles. The maximum Gasteiger partial charge on any atom is 0.168 e. The molecule has 0 aliphatic rings. The molecule has 1 aromatic heterocycles.